The zero-order chi connectivity index (χ0) is 13.0. The van der Waals surface area contributed by atoms with Crippen molar-refractivity contribution < 1.29 is 0 Å². The summed E-state index contributed by atoms with van der Waals surface area (Å²) < 4.78 is 0.838. The predicted molar refractivity (Wildman–Crippen MR) is 80.9 cm³/mol. The molecule has 0 aliphatic carbocycles. The van der Waals surface area contributed by atoms with Gasteiger partial charge < -0.3 is 10.2 Å². The van der Waals surface area contributed by atoms with Gasteiger partial charge in [-0.15, -0.1) is 22.7 Å². The molecule has 2 heterocycles. The van der Waals surface area contributed by atoms with Crippen molar-refractivity contribution in [3.8, 4) is 0 Å². The van der Waals surface area contributed by atoms with Gasteiger partial charge in [-0.3, -0.25) is 0 Å². The molecule has 0 atom stereocenters. The molecule has 3 nitrogen and oxygen atoms in total. The molecule has 0 bridgehead atoms. The van der Waals surface area contributed by atoms with Crippen LogP contribution in [0.3, 0.4) is 0 Å². The summed E-state index contributed by atoms with van der Waals surface area (Å²) in [5, 5.41) is 6.44. The molecular weight excluding hydrogens is 286 g/mol. The number of halogens is 1. The maximum absolute atomic E-state index is 5.93. The maximum Gasteiger partial charge on any atom is 0.185 e. The minimum atomic E-state index is 0.838. The Hall–Kier alpha value is -0.620. The van der Waals surface area contributed by atoms with Crippen molar-refractivity contribution in [1.82, 2.24) is 10.3 Å². The third-order valence-corrected chi connectivity index (χ3v) is 4.66. The van der Waals surface area contributed by atoms with Gasteiger partial charge in [-0.25, -0.2) is 4.98 Å². The Bertz CT molecular complexity index is 495. The lowest BCUT2D eigenvalue weighted by Crippen LogP contribution is -2.16. The van der Waals surface area contributed by atoms with Gasteiger partial charge in [0.05, 0.1) is 16.6 Å². The Morgan fingerprint density at radius 3 is 2.94 bits per heavy atom. The van der Waals surface area contributed by atoms with Gasteiger partial charge in [-0.2, -0.15) is 0 Å². The molecular formula is C12H16ClN3S2. The fourth-order valence-electron chi connectivity index (χ4n) is 1.54. The molecule has 6 heteroatoms. The fourth-order valence-corrected chi connectivity index (χ4v) is 3.48. The number of thiazole rings is 1. The Balaban J connectivity index is 1.96. The van der Waals surface area contributed by atoms with Gasteiger partial charge in [0, 0.05) is 23.8 Å². The number of aromatic nitrogens is 1. The molecule has 0 aliphatic rings. The monoisotopic (exact) mass is 301 g/mol. The van der Waals surface area contributed by atoms with Crippen LogP contribution < -0.4 is 10.2 Å². The molecule has 0 aromatic carbocycles. The molecule has 0 saturated carbocycles. The maximum atomic E-state index is 5.93. The molecule has 0 aliphatic heterocycles. The van der Waals surface area contributed by atoms with E-state index in [2.05, 4.69) is 40.6 Å². The van der Waals surface area contributed by atoms with Crippen LogP contribution in [-0.2, 0) is 13.1 Å². The standard InChI is InChI=1S/C12H16ClN3S2/c1-3-14-6-9-8-17-12(15-9)16(2)7-10-4-5-11(13)18-10/h4-5,8,14H,3,6-7H2,1-2H3. The zero-order valence-corrected chi connectivity index (χ0v) is 12.8. The number of nitrogens with one attached hydrogen (secondary N) is 1. The van der Waals surface area contributed by atoms with Gasteiger partial charge in [-0.1, -0.05) is 18.5 Å². The van der Waals surface area contributed by atoms with Crippen LogP contribution in [0.4, 0.5) is 5.13 Å². The van der Waals surface area contributed by atoms with E-state index in [1.54, 1.807) is 22.7 Å². The molecule has 0 fully saturated rings. The zero-order valence-electron chi connectivity index (χ0n) is 10.4. The number of hydrogen-bond donors (Lipinski definition) is 1. The van der Waals surface area contributed by atoms with Crippen LogP contribution in [0.2, 0.25) is 4.34 Å². The quantitative estimate of drug-likeness (QED) is 0.883. The minimum Gasteiger partial charge on any atom is -0.346 e. The van der Waals surface area contributed by atoms with E-state index in [1.807, 2.05) is 6.07 Å². The molecule has 0 saturated heterocycles. The molecule has 2 rings (SSSR count). The lowest BCUT2D eigenvalue weighted by atomic mass is 10.4. The second kappa shape index (κ2) is 6.52. The number of thiophene rings is 1. The summed E-state index contributed by atoms with van der Waals surface area (Å²) in [6.45, 7) is 4.76. The van der Waals surface area contributed by atoms with Crippen LogP contribution in [0.5, 0.6) is 0 Å². The predicted octanol–water partition coefficient (Wildman–Crippen LogP) is 3.60. The van der Waals surface area contributed by atoms with Crippen LogP contribution in [0.15, 0.2) is 17.5 Å². The second-order valence-electron chi connectivity index (χ2n) is 3.96. The van der Waals surface area contributed by atoms with Gasteiger partial charge >= 0.3 is 0 Å². The number of nitrogens with zero attached hydrogens (tertiary/aromatic N) is 2. The molecule has 18 heavy (non-hydrogen) atoms. The van der Waals surface area contributed by atoms with Gasteiger partial charge in [0.15, 0.2) is 5.13 Å². The molecule has 2 aromatic rings. The van der Waals surface area contributed by atoms with Crippen molar-refractivity contribution in [2.45, 2.75) is 20.0 Å². The normalized spacial score (nSPS) is 10.8. The highest BCUT2D eigenvalue weighted by atomic mass is 35.5. The van der Waals surface area contributed by atoms with E-state index >= 15 is 0 Å². The lowest BCUT2D eigenvalue weighted by molar-refractivity contribution is 0.713. The highest BCUT2D eigenvalue weighted by Crippen LogP contribution is 2.26. The van der Waals surface area contributed by atoms with Crippen molar-refractivity contribution in [1.29, 1.82) is 0 Å². The average Bonchev–Trinajstić information content (AvgIpc) is 2.96. The van der Waals surface area contributed by atoms with Crippen molar-refractivity contribution in [3.05, 3.63) is 32.4 Å². The van der Waals surface area contributed by atoms with E-state index < -0.39 is 0 Å². The summed E-state index contributed by atoms with van der Waals surface area (Å²) in [5.41, 5.74) is 1.10. The summed E-state index contributed by atoms with van der Waals surface area (Å²) in [6.07, 6.45) is 0. The first kappa shape index (κ1) is 13.8. The highest BCUT2D eigenvalue weighted by Gasteiger charge is 2.08. The number of anilines is 1. The van der Waals surface area contributed by atoms with Gasteiger partial charge in [0.1, 0.15) is 0 Å². The molecule has 1 N–H and O–H groups in total. The fraction of sp³-hybridized carbons (Fsp3) is 0.417. The first-order valence-electron chi connectivity index (χ1n) is 5.79. The number of rotatable bonds is 6. The largest absolute Gasteiger partial charge is 0.346 e. The Kier molecular flexibility index (Phi) is 5.00. The first-order chi connectivity index (χ1) is 8.69. The van der Waals surface area contributed by atoms with Crippen molar-refractivity contribution in [2.24, 2.45) is 0 Å². The van der Waals surface area contributed by atoms with E-state index in [1.165, 1.54) is 4.88 Å². The van der Waals surface area contributed by atoms with E-state index in [0.29, 0.717) is 0 Å². The van der Waals surface area contributed by atoms with E-state index in [9.17, 15) is 0 Å². The van der Waals surface area contributed by atoms with Crippen LogP contribution in [0.25, 0.3) is 0 Å². The van der Waals surface area contributed by atoms with Crippen molar-refractivity contribution in [2.75, 3.05) is 18.5 Å². The summed E-state index contributed by atoms with van der Waals surface area (Å²) in [4.78, 5) is 8.01. The van der Waals surface area contributed by atoms with E-state index in [-0.39, 0.29) is 0 Å². The second-order valence-corrected chi connectivity index (χ2v) is 6.60. The SMILES string of the molecule is CCNCc1csc(N(C)Cc2ccc(Cl)s2)n1. The molecule has 2 aromatic heterocycles. The van der Waals surface area contributed by atoms with Crippen molar-refractivity contribution in [3.63, 3.8) is 0 Å². The Morgan fingerprint density at radius 1 is 1.44 bits per heavy atom. The topological polar surface area (TPSA) is 28.2 Å². The summed E-state index contributed by atoms with van der Waals surface area (Å²) in [7, 11) is 2.06. The highest BCUT2D eigenvalue weighted by molar-refractivity contribution is 7.16. The Morgan fingerprint density at radius 2 is 2.28 bits per heavy atom. The lowest BCUT2D eigenvalue weighted by Gasteiger charge is -2.14. The molecule has 0 unspecified atom stereocenters. The van der Waals surface area contributed by atoms with Crippen LogP contribution in [-0.4, -0.2) is 18.6 Å². The third-order valence-electron chi connectivity index (χ3n) is 2.44. The van der Waals surface area contributed by atoms with Gasteiger partial charge in [-0.05, 0) is 18.7 Å². The average molecular weight is 302 g/mol. The minimum absolute atomic E-state index is 0.838. The summed E-state index contributed by atoms with van der Waals surface area (Å²) in [5.74, 6) is 0. The van der Waals surface area contributed by atoms with Crippen molar-refractivity contribution >= 4 is 39.4 Å². The molecule has 0 spiro atoms. The summed E-state index contributed by atoms with van der Waals surface area (Å²) in [6, 6.07) is 4.00. The van der Waals surface area contributed by atoms with Crippen LogP contribution in [0.1, 0.15) is 17.5 Å². The smallest absolute Gasteiger partial charge is 0.185 e. The van der Waals surface area contributed by atoms with Crippen LogP contribution >= 0.6 is 34.3 Å². The van der Waals surface area contributed by atoms with E-state index in [0.717, 1.165) is 34.8 Å². The van der Waals surface area contributed by atoms with Gasteiger partial charge in [0.2, 0.25) is 0 Å². The third kappa shape index (κ3) is 3.68. The molecule has 0 amide bonds. The first-order valence-corrected chi connectivity index (χ1v) is 7.87. The molecule has 0 radical (unpaired) electrons. The van der Waals surface area contributed by atoms with E-state index in [4.69, 9.17) is 11.6 Å². The number of hydrogen-bond acceptors (Lipinski definition) is 5. The Labute approximate surface area is 120 Å². The molecule has 98 valence electrons. The summed E-state index contributed by atoms with van der Waals surface area (Å²) >= 11 is 9.23. The van der Waals surface area contributed by atoms with Gasteiger partial charge in [0.25, 0.3) is 0 Å². The van der Waals surface area contributed by atoms with Crippen LogP contribution in [0, 0.1) is 0 Å².